The van der Waals surface area contributed by atoms with Gasteiger partial charge in [-0.1, -0.05) is 70.5 Å². The first-order valence-corrected chi connectivity index (χ1v) is 23.3. The lowest BCUT2D eigenvalue weighted by molar-refractivity contribution is -0.757. The van der Waals surface area contributed by atoms with Crippen LogP contribution in [0, 0.1) is 13.9 Å². The van der Waals surface area contributed by atoms with Crippen LogP contribution in [0.3, 0.4) is 0 Å². The number of benzene rings is 3. The van der Waals surface area contributed by atoms with Gasteiger partial charge in [0.15, 0.2) is 11.5 Å². The summed E-state index contributed by atoms with van der Waals surface area (Å²) in [6, 6.07) is 22.0. The van der Waals surface area contributed by atoms with Gasteiger partial charge >= 0.3 is 17.9 Å². The van der Waals surface area contributed by atoms with Crippen molar-refractivity contribution in [1.82, 2.24) is 9.80 Å². The summed E-state index contributed by atoms with van der Waals surface area (Å²) >= 11 is 5.25. The van der Waals surface area contributed by atoms with Crippen LogP contribution in [0.25, 0.3) is 16.5 Å². The van der Waals surface area contributed by atoms with E-state index < -0.39 is 23.1 Å². The predicted octanol–water partition coefficient (Wildman–Crippen LogP) is 9.23. The van der Waals surface area contributed by atoms with Crippen molar-refractivity contribution < 1.29 is 48.0 Å². The van der Waals surface area contributed by atoms with Gasteiger partial charge in [-0.25, -0.2) is 9.59 Å². The summed E-state index contributed by atoms with van der Waals surface area (Å²) in [6.45, 7) is 7.09. The third-order valence-corrected chi connectivity index (χ3v) is 12.9. The second-order valence-electron chi connectivity index (χ2n) is 14.5. The van der Waals surface area contributed by atoms with Gasteiger partial charge < -0.3 is 33.4 Å². The van der Waals surface area contributed by atoms with Crippen molar-refractivity contribution in [3.63, 3.8) is 0 Å². The lowest BCUT2D eigenvalue weighted by atomic mass is 9.98. The Kier molecular flexibility index (Phi) is 19.8. The zero-order chi connectivity index (χ0) is 44.1. The third-order valence-electron chi connectivity index (χ3n) is 9.96. The minimum Gasteiger partial charge on any atom is -0.494 e. The van der Waals surface area contributed by atoms with E-state index in [0.29, 0.717) is 37.0 Å². The van der Waals surface area contributed by atoms with Crippen LogP contribution in [0.2, 0.25) is 0 Å². The molecule has 62 heavy (non-hydrogen) atoms. The molecule has 1 atom stereocenters. The molecule has 1 unspecified atom stereocenters. The maximum absolute atomic E-state index is 13.7. The summed E-state index contributed by atoms with van der Waals surface area (Å²) in [6.07, 6.45) is 7.09. The van der Waals surface area contributed by atoms with Crippen LogP contribution < -0.4 is 14.2 Å². The van der Waals surface area contributed by atoms with E-state index in [1.807, 2.05) is 24.3 Å². The van der Waals surface area contributed by atoms with E-state index in [-0.39, 0.29) is 42.8 Å². The maximum Gasteiger partial charge on any atom is 0.344 e. The molecule has 1 fully saturated rings. The van der Waals surface area contributed by atoms with E-state index in [4.69, 9.17) is 35.9 Å². The van der Waals surface area contributed by atoms with E-state index in [2.05, 4.69) is 33.7 Å². The summed E-state index contributed by atoms with van der Waals surface area (Å²) in [7, 11) is 4.74. The molecule has 14 nitrogen and oxygen atoms in total. The molecule has 0 amide bonds. The van der Waals surface area contributed by atoms with Gasteiger partial charge in [-0.3, -0.25) is 9.69 Å². The molecule has 332 valence electrons. The van der Waals surface area contributed by atoms with Gasteiger partial charge in [0.2, 0.25) is 0 Å². The Morgan fingerprint density at radius 3 is 2.34 bits per heavy atom. The topological polar surface area (TPSA) is 156 Å². The highest BCUT2D eigenvalue weighted by Gasteiger charge is 2.26. The zero-order valence-electron chi connectivity index (χ0n) is 35.0. The van der Waals surface area contributed by atoms with E-state index in [1.54, 1.807) is 57.1 Å². The number of methoxy groups -OCH3 is 1. The van der Waals surface area contributed by atoms with Gasteiger partial charge in [0, 0.05) is 42.7 Å². The van der Waals surface area contributed by atoms with Gasteiger partial charge in [-0.2, -0.15) is 0 Å². The molecular formula is C45H53N3O11S3. The van der Waals surface area contributed by atoms with Crippen LogP contribution in [0.15, 0.2) is 78.9 Å². The number of unbranched alkanes of at least 4 members (excludes halogenated alkanes) is 3. The van der Waals surface area contributed by atoms with Gasteiger partial charge in [0.25, 0.3) is 5.09 Å². The third kappa shape index (κ3) is 15.9. The number of hydrogen-bond acceptors (Lipinski definition) is 16. The standard InChI is InChI=1S/C45H53N3O11S3/c1-3-4-13-38(58-43(50)32-47-25-23-46(24-26-47)22-7-8-27-55-35-18-16-34(17-19-35)41-31-44(60)62-61-41)36-11-5-6-12-37(36)45(51)59-39-20-14-33(30-40(39)54-2)15-21-42(49)56-28-9-10-29-57-48(52)53/h5-6,11-12,14-21,30-31,38H,3-4,7-10,13,22-29,32H2,1-2H3/b21-15+. The number of ether oxygens (including phenoxy) is 5. The molecule has 3 aromatic carbocycles. The molecule has 0 saturated carbocycles. The summed E-state index contributed by atoms with van der Waals surface area (Å²) < 4.78 is 29.4. The first-order valence-electron chi connectivity index (χ1n) is 20.7. The highest BCUT2D eigenvalue weighted by Crippen LogP contribution is 2.33. The fourth-order valence-corrected chi connectivity index (χ4v) is 9.05. The number of piperazine rings is 1. The molecule has 0 N–H and O–H groups in total. The number of carbonyl (C=O) groups is 3. The number of nitrogens with zero attached hydrogens (tertiary/aromatic N) is 3. The minimum absolute atomic E-state index is 0.0695. The van der Waals surface area contributed by atoms with E-state index in [9.17, 15) is 24.5 Å². The smallest absolute Gasteiger partial charge is 0.344 e. The van der Waals surface area contributed by atoms with Crippen LogP contribution in [-0.2, 0) is 23.9 Å². The SMILES string of the molecule is CCCCC(OC(=O)CN1CCN(CCCCOc2ccc(-c3cc(=S)ss3)cc2)CC1)c1ccccc1C(=O)Oc1ccc(/C=C/C(=O)OCCCCO[N+](=O)[O-])cc1OC. The normalized spacial score (nSPS) is 13.6. The fraction of sp³-hybridized carbons (Fsp3) is 0.422. The molecule has 17 heteroatoms. The van der Waals surface area contributed by atoms with Crippen molar-refractivity contribution in [2.24, 2.45) is 0 Å². The van der Waals surface area contributed by atoms with Crippen molar-refractivity contribution in [2.75, 3.05) is 66.2 Å². The average Bonchev–Trinajstić information content (AvgIpc) is 3.72. The summed E-state index contributed by atoms with van der Waals surface area (Å²) in [5, 5.41) is 9.35. The van der Waals surface area contributed by atoms with E-state index in [0.717, 1.165) is 73.5 Å². The number of rotatable bonds is 25. The maximum atomic E-state index is 13.7. The highest BCUT2D eigenvalue weighted by molar-refractivity contribution is 7.80. The number of hydrogen-bond donors (Lipinski definition) is 0. The quantitative estimate of drug-likeness (QED) is 0.00906. The van der Waals surface area contributed by atoms with Crippen LogP contribution in [-0.4, -0.2) is 99.0 Å². The van der Waals surface area contributed by atoms with Crippen molar-refractivity contribution in [3.8, 4) is 27.7 Å². The molecule has 1 aromatic heterocycles. The Balaban J connectivity index is 1.06. The summed E-state index contributed by atoms with van der Waals surface area (Å²) in [4.78, 5) is 59.4. The Morgan fingerprint density at radius 2 is 1.61 bits per heavy atom. The van der Waals surface area contributed by atoms with E-state index >= 15 is 0 Å². The second-order valence-corrected chi connectivity index (χ2v) is 17.4. The Labute approximate surface area is 374 Å². The van der Waals surface area contributed by atoms with Crippen molar-refractivity contribution >= 4 is 56.9 Å². The molecule has 4 aromatic rings. The highest BCUT2D eigenvalue weighted by atomic mass is 32.9. The van der Waals surface area contributed by atoms with Gasteiger partial charge in [-0.05, 0) is 111 Å². The van der Waals surface area contributed by atoms with Crippen LogP contribution in [0.4, 0.5) is 0 Å². The van der Waals surface area contributed by atoms with Crippen molar-refractivity contribution in [3.05, 3.63) is 110 Å². The van der Waals surface area contributed by atoms with Gasteiger partial charge in [0.05, 0.1) is 39.0 Å². The van der Waals surface area contributed by atoms with Crippen molar-refractivity contribution in [1.29, 1.82) is 0 Å². The number of esters is 3. The molecule has 2 heterocycles. The van der Waals surface area contributed by atoms with Crippen molar-refractivity contribution in [2.45, 2.75) is 58.0 Å². The van der Waals surface area contributed by atoms with Gasteiger partial charge in [0.1, 0.15) is 15.7 Å². The monoisotopic (exact) mass is 907 g/mol. The Hall–Kier alpha value is -5.20. The fourth-order valence-electron chi connectivity index (χ4n) is 6.65. The minimum atomic E-state index is -0.866. The molecule has 1 aliphatic heterocycles. The van der Waals surface area contributed by atoms with Gasteiger partial charge in [-0.15, -0.1) is 10.1 Å². The first-order chi connectivity index (χ1) is 30.1. The molecule has 0 aliphatic carbocycles. The summed E-state index contributed by atoms with van der Waals surface area (Å²) in [5.74, 6) is -0.267. The van der Waals surface area contributed by atoms with Crippen LogP contribution >= 0.6 is 32.9 Å². The molecular weight excluding hydrogens is 855 g/mol. The zero-order valence-corrected chi connectivity index (χ0v) is 37.5. The molecule has 5 rings (SSSR count). The Morgan fingerprint density at radius 1 is 0.871 bits per heavy atom. The lowest BCUT2D eigenvalue weighted by Crippen LogP contribution is -2.48. The number of carbonyl (C=O) groups excluding carboxylic acids is 3. The predicted molar refractivity (Wildman–Crippen MR) is 241 cm³/mol. The summed E-state index contributed by atoms with van der Waals surface area (Å²) in [5.41, 5.74) is 2.58. The Bertz CT molecular complexity index is 2150. The average molecular weight is 908 g/mol. The molecule has 1 aliphatic rings. The first kappa shape index (κ1) is 47.8. The molecule has 1 saturated heterocycles. The molecule has 0 spiro atoms. The van der Waals surface area contributed by atoms with Crippen LogP contribution in [0.5, 0.6) is 17.2 Å². The lowest BCUT2D eigenvalue weighted by Gasteiger charge is -2.34. The molecule has 0 bridgehead atoms. The van der Waals surface area contributed by atoms with E-state index in [1.165, 1.54) is 24.1 Å². The molecule has 0 radical (unpaired) electrons. The largest absolute Gasteiger partial charge is 0.494 e. The second kappa shape index (κ2) is 25.7. The van der Waals surface area contributed by atoms with Crippen LogP contribution in [0.1, 0.15) is 79.5 Å².